The summed E-state index contributed by atoms with van der Waals surface area (Å²) >= 11 is 0. The van der Waals surface area contributed by atoms with E-state index in [1.54, 1.807) is 0 Å². The zero-order valence-electron chi connectivity index (χ0n) is 20.4. The van der Waals surface area contributed by atoms with Crippen molar-refractivity contribution >= 4 is 27.9 Å². The van der Waals surface area contributed by atoms with Crippen LogP contribution in [0.15, 0.2) is 126 Å². The van der Waals surface area contributed by atoms with Crippen LogP contribution in [-0.4, -0.2) is 15.0 Å². The molecule has 0 radical (unpaired) electrons. The lowest BCUT2D eigenvalue weighted by Gasteiger charge is -2.11. The molecule has 5 aromatic carbocycles. The number of anilines is 1. The van der Waals surface area contributed by atoms with Gasteiger partial charge in [-0.2, -0.15) is 9.97 Å². The SMILES string of the molecule is Nc1nc(-c2cc(-c3ccccc3)cc(-c3ccccc3)c2)nc(-c2cccc3c2oc2ccccc23)n1. The summed E-state index contributed by atoms with van der Waals surface area (Å²) in [5.41, 5.74) is 13.8. The third kappa shape index (κ3) is 3.87. The minimum atomic E-state index is 0.157. The van der Waals surface area contributed by atoms with E-state index in [9.17, 15) is 0 Å². The smallest absolute Gasteiger partial charge is 0.224 e. The molecule has 0 fully saturated rings. The van der Waals surface area contributed by atoms with E-state index in [1.165, 1.54) is 0 Å². The highest BCUT2D eigenvalue weighted by molar-refractivity contribution is 6.09. The Kier molecular flexibility index (Phi) is 5.19. The number of benzene rings is 5. The van der Waals surface area contributed by atoms with Gasteiger partial charge in [0.1, 0.15) is 11.2 Å². The Morgan fingerprint density at radius 3 is 1.76 bits per heavy atom. The first-order valence-electron chi connectivity index (χ1n) is 12.4. The molecule has 0 aliphatic rings. The van der Waals surface area contributed by atoms with Gasteiger partial charge >= 0.3 is 0 Å². The van der Waals surface area contributed by atoms with Crippen LogP contribution in [0.4, 0.5) is 5.95 Å². The van der Waals surface area contributed by atoms with Crippen molar-refractivity contribution in [3.05, 3.63) is 121 Å². The van der Waals surface area contributed by atoms with Gasteiger partial charge in [-0.05, 0) is 52.6 Å². The van der Waals surface area contributed by atoms with Crippen LogP contribution in [-0.2, 0) is 0 Å². The molecule has 0 saturated carbocycles. The number of aromatic nitrogens is 3. The maximum absolute atomic E-state index is 6.26. The summed E-state index contributed by atoms with van der Waals surface area (Å²) in [5.74, 6) is 1.14. The maximum Gasteiger partial charge on any atom is 0.224 e. The molecule has 0 saturated heterocycles. The number of nitrogen functional groups attached to an aromatic ring is 1. The summed E-state index contributed by atoms with van der Waals surface area (Å²) in [5, 5.41) is 2.06. The number of furan rings is 1. The molecule has 0 amide bonds. The number of hydrogen-bond donors (Lipinski definition) is 1. The lowest BCUT2D eigenvalue weighted by molar-refractivity contribution is 0.669. The van der Waals surface area contributed by atoms with Crippen molar-refractivity contribution in [3.63, 3.8) is 0 Å². The molecule has 5 heteroatoms. The van der Waals surface area contributed by atoms with Crippen molar-refractivity contribution in [2.75, 3.05) is 5.73 Å². The van der Waals surface area contributed by atoms with Gasteiger partial charge in [-0.3, -0.25) is 0 Å². The highest BCUT2D eigenvalue weighted by atomic mass is 16.3. The van der Waals surface area contributed by atoms with Crippen LogP contribution < -0.4 is 5.73 Å². The molecule has 0 spiro atoms. The van der Waals surface area contributed by atoms with Gasteiger partial charge in [0.2, 0.25) is 5.95 Å². The van der Waals surface area contributed by atoms with Crippen molar-refractivity contribution in [3.8, 4) is 45.0 Å². The minimum Gasteiger partial charge on any atom is -0.455 e. The molecule has 2 N–H and O–H groups in total. The second-order valence-electron chi connectivity index (χ2n) is 9.15. The Hall–Kier alpha value is -5.29. The first kappa shape index (κ1) is 21.9. The van der Waals surface area contributed by atoms with E-state index in [0.29, 0.717) is 11.6 Å². The average molecular weight is 491 g/mol. The molecule has 0 atom stereocenters. The predicted molar refractivity (Wildman–Crippen MR) is 153 cm³/mol. The summed E-state index contributed by atoms with van der Waals surface area (Å²) in [6, 6.07) is 41.0. The van der Waals surface area contributed by atoms with E-state index in [0.717, 1.165) is 55.3 Å². The second kappa shape index (κ2) is 8.98. The fourth-order valence-electron chi connectivity index (χ4n) is 4.92. The lowest BCUT2D eigenvalue weighted by Crippen LogP contribution is -2.02. The number of hydrogen-bond acceptors (Lipinski definition) is 5. The zero-order chi connectivity index (χ0) is 25.5. The lowest BCUT2D eigenvalue weighted by atomic mass is 9.96. The zero-order valence-corrected chi connectivity index (χ0v) is 20.4. The fourth-order valence-corrected chi connectivity index (χ4v) is 4.92. The molecule has 7 rings (SSSR count). The van der Waals surface area contributed by atoms with Crippen LogP contribution in [0.25, 0.3) is 67.0 Å². The topological polar surface area (TPSA) is 77.8 Å². The van der Waals surface area contributed by atoms with E-state index in [-0.39, 0.29) is 5.95 Å². The number of nitrogens with zero attached hydrogens (tertiary/aromatic N) is 3. The Labute approximate surface area is 219 Å². The highest BCUT2D eigenvalue weighted by Crippen LogP contribution is 2.36. The van der Waals surface area contributed by atoms with Crippen LogP contribution in [0.3, 0.4) is 0 Å². The van der Waals surface area contributed by atoms with Crippen molar-refractivity contribution in [2.45, 2.75) is 0 Å². The summed E-state index contributed by atoms with van der Waals surface area (Å²) in [4.78, 5) is 14.0. The average Bonchev–Trinajstić information content (AvgIpc) is 3.36. The number of para-hydroxylation sites is 2. The molecule has 2 aromatic heterocycles. The van der Waals surface area contributed by atoms with Gasteiger partial charge < -0.3 is 10.2 Å². The van der Waals surface area contributed by atoms with E-state index >= 15 is 0 Å². The van der Waals surface area contributed by atoms with Gasteiger partial charge in [-0.15, -0.1) is 0 Å². The van der Waals surface area contributed by atoms with Crippen LogP contribution in [0.5, 0.6) is 0 Å². The van der Waals surface area contributed by atoms with Crippen molar-refractivity contribution in [1.29, 1.82) is 0 Å². The summed E-state index contributed by atoms with van der Waals surface area (Å²) in [6.07, 6.45) is 0. The van der Waals surface area contributed by atoms with E-state index in [1.807, 2.05) is 72.8 Å². The van der Waals surface area contributed by atoms with Gasteiger partial charge in [0.25, 0.3) is 0 Å². The van der Waals surface area contributed by atoms with Gasteiger partial charge in [-0.1, -0.05) is 91.0 Å². The second-order valence-corrected chi connectivity index (χ2v) is 9.15. The molecule has 2 heterocycles. The first-order valence-corrected chi connectivity index (χ1v) is 12.4. The standard InChI is InChI=1S/C33H22N4O/c34-33-36-31(35-32(37-33)28-16-9-15-27-26-14-7-8-17-29(26)38-30(27)28)25-19-23(21-10-3-1-4-11-21)18-24(20-25)22-12-5-2-6-13-22/h1-20H,(H2,34,35,36,37). The van der Waals surface area contributed by atoms with Gasteiger partial charge in [0, 0.05) is 16.3 Å². The Morgan fingerprint density at radius 2 is 1.05 bits per heavy atom. The van der Waals surface area contributed by atoms with E-state index in [4.69, 9.17) is 15.1 Å². The Balaban J connectivity index is 1.43. The van der Waals surface area contributed by atoms with E-state index in [2.05, 4.69) is 58.5 Å². The Morgan fingerprint density at radius 1 is 0.474 bits per heavy atom. The summed E-state index contributed by atoms with van der Waals surface area (Å²) in [6.45, 7) is 0. The molecule has 5 nitrogen and oxygen atoms in total. The molecule has 0 aliphatic heterocycles. The Bertz CT molecular complexity index is 1870. The van der Waals surface area contributed by atoms with Crippen LogP contribution >= 0.6 is 0 Å². The number of rotatable bonds is 4. The molecule has 0 unspecified atom stereocenters. The molecular formula is C33H22N4O. The normalized spacial score (nSPS) is 11.3. The molecule has 180 valence electrons. The number of fused-ring (bicyclic) bond motifs is 3. The van der Waals surface area contributed by atoms with Gasteiger partial charge in [0.05, 0.1) is 5.56 Å². The minimum absolute atomic E-state index is 0.157. The van der Waals surface area contributed by atoms with Gasteiger partial charge in [0.15, 0.2) is 11.6 Å². The first-order chi connectivity index (χ1) is 18.7. The largest absolute Gasteiger partial charge is 0.455 e. The van der Waals surface area contributed by atoms with Gasteiger partial charge in [-0.25, -0.2) is 4.98 Å². The van der Waals surface area contributed by atoms with Crippen LogP contribution in [0.2, 0.25) is 0 Å². The predicted octanol–water partition coefficient (Wildman–Crippen LogP) is 8.02. The van der Waals surface area contributed by atoms with Crippen LogP contribution in [0, 0.1) is 0 Å². The highest BCUT2D eigenvalue weighted by Gasteiger charge is 2.17. The van der Waals surface area contributed by atoms with Crippen molar-refractivity contribution in [2.24, 2.45) is 0 Å². The van der Waals surface area contributed by atoms with Crippen molar-refractivity contribution in [1.82, 2.24) is 15.0 Å². The van der Waals surface area contributed by atoms with Crippen LogP contribution in [0.1, 0.15) is 0 Å². The monoisotopic (exact) mass is 490 g/mol. The number of nitrogens with two attached hydrogens (primary N) is 1. The van der Waals surface area contributed by atoms with Crippen molar-refractivity contribution < 1.29 is 4.42 Å². The quantitative estimate of drug-likeness (QED) is 0.270. The van der Waals surface area contributed by atoms with E-state index < -0.39 is 0 Å². The molecular weight excluding hydrogens is 468 g/mol. The molecule has 7 aromatic rings. The third-order valence-corrected chi connectivity index (χ3v) is 6.70. The molecule has 38 heavy (non-hydrogen) atoms. The summed E-state index contributed by atoms with van der Waals surface area (Å²) in [7, 11) is 0. The molecule has 0 bridgehead atoms. The fraction of sp³-hybridized carbons (Fsp3) is 0. The maximum atomic E-state index is 6.26. The third-order valence-electron chi connectivity index (χ3n) is 6.70. The molecule has 0 aliphatic carbocycles. The summed E-state index contributed by atoms with van der Waals surface area (Å²) < 4.78 is 6.24.